The molecular formula is C27H30N2O2S. The van der Waals surface area contributed by atoms with Gasteiger partial charge in [-0.05, 0) is 41.8 Å². The van der Waals surface area contributed by atoms with Crippen LogP contribution in [0.15, 0.2) is 78.2 Å². The van der Waals surface area contributed by atoms with E-state index in [9.17, 15) is 9.59 Å². The quantitative estimate of drug-likeness (QED) is 0.415. The van der Waals surface area contributed by atoms with Crippen LogP contribution in [0.4, 0.5) is 0 Å². The summed E-state index contributed by atoms with van der Waals surface area (Å²) in [5, 5.41) is 2.03. The van der Waals surface area contributed by atoms with Crippen LogP contribution in [0, 0.1) is 0 Å². The number of thiophene rings is 1. The van der Waals surface area contributed by atoms with Crippen LogP contribution in [0.5, 0.6) is 0 Å². The van der Waals surface area contributed by atoms with Crippen LogP contribution >= 0.6 is 11.3 Å². The first kappa shape index (κ1) is 22.3. The summed E-state index contributed by atoms with van der Waals surface area (Å²) in [5.74, 6) is -0.125. The summed E-state index contributed by atoms with van der Waals surface area (Å²) in [6, 6.07) is 24.2. The first-order chi connectivity index (χ1) is 15.7. The van der Waals surface area contributed by atoms with Gasteiger partial charge in [-0.2, -0.15) is 0 Å². The first-order valence-electron chi connectivity index (χ1n) is 11.3. The number of carbonyl (C=O) groups excluding carboxylic acids is 2. The maximum absolute atomic E-state index is 13.5. The predicted octanol–water partition coefficient (Wildman–Crippen LogP) is 5.46. The van der Waals surface area contributed by atoms with Crippen LogP contribution < -0.4 is 0 Å². The molecule has 2 amide bonds. The Kier molecular flexibility index (Phi) is 7.38. The lowest BCUT2D eigenvalue weighted by molar-refractivity contribution is -0.142. The van der Waals surface area contributed by atoms with Crippen molar-refractivity contribution in [2.45, 2.75) is 51.2 Å². The van der Waals surface area contributed by atoms with Gasteiger partial charge in [0.1, 0.15) is 6.54 Å². The van der Waals surface area contributed by atoms with Crippen LogP contribution in [0.1, 0.15) is 48.1 Å². The molecule has 5 heteroatoms. The number of hydrogen-bond acceptors (Lipinski definition) is 3. The Morgan fingerprint density at radius 2 is 1.62 bits per heavy atom. The minimum Gasteiger partial charge on any atom is -0.332 e. The summed E-state index contributed by atoms with van der Waals surface area (Å²) < 4.78 is 0. The fourth-order valence-corrected chi connectivity index (χ4v) is 4.80. The fraction of sp³-hybridized carbons (Fsp3) is 0.333. The molecule has 3 aromatic rings. The molecule has 0 radical (unpaired) electrons. The predicted molar refractivity (Wildman–Crippen MR) is 129 cm³/mol. The van der Waals surface area contributed by atoms with E-state index in [1.54, 1.807) is 11.3 Å². The van der Waals surface area contributed by atoms with E-state index in [0.717, 1.165) is 35.3 Å². The van der Waals surface area contributed by atoms with Crippen LogP contribution in [-0.2, 0) is 22.7 Å². The molecule has 32 heavy (non-hydrogen) atoms. The summed E-state index contributed by atoms with van der Waals surface area (Å²) >= 11 is 1.65. The van der Waals surface area contributed by atoms with E-state index < -0.39 is 0 Å². The molecular weight excluding hydrogens is 416 g/mol. The highest BCUT2D eigenvalue weighted by molar-refractivity contribution is 7.09. The molecule has 1 saturated carbocycles. The number of benzene rings is 2. The van der Waals surface area contributed by atoms with Crippen molar-refractivity contribution in [3.63, 3.8) is 0 Å². The van der Waals surface area contributed by atoms with E-state index in [0.29, 0.717) is 13.1 Å². The Hall–Kier alpha value is -2.92. The molecule has 166 valence electrons. The maximum Gasteiger partial charge on any atom is 0.242 e. The number of amides is 2. The smallest absolute Gasteiger partial charge is 0.242 e. The van der Waals surface area contributed by atoms with Gasteiger partial charge in [-0.3, -0.25) is 9.59 Å². The second kappa shape index (κ2) is 10.6. The van der Waals surface area contributed by atoms with Crippen molar-refractivity contribution in [1.82, 2.24) is 9.80 Å². The molecule has 1 unspecified atom stereocenters. The molecule has 0 spiro atoms. The first-order valence-corrected chi connectivity index (χ1v) is 12.2. The fourth-order valence-electron chi connectivity index (χ4n) is 4.08. The molecule has 1 atom stereocenters. The monoisotopic (exact) mass is 446 g/mol. The van der Waals surface area contributed by atoms with Gasteiger partial charge in [0.15, 0.2) is 0 Å². The second-order valence-corrected chi connectivity index (χ2v) is 9.42. The van der Waals surface area contributed by atoms with Crippen molar-refractivity contribution in [2.75, 3.05) is 6.54 Å². The van der Waals surface area contributed by atoms with E-state index in [4.69, 9.17) is 0 Å². The van der Waals surface area contributed by atoms with E-state index in [1.165, 1.54) is 0 Å². The van der Waals surface area contributed by atoms with Gasteiger partial charge in [-0.15, -0.1) is 11.3 Å². The van der Waals surface area contributed by atoms with E-state index in [2.05, 4.69) is 6.07 Å². The number of carbonyl (C=O) groups is 2. The molecule has 0 saturated heterocycles. The molecule has 1 fully saturated rings. The van der Waals surface area contributed by atoms with Crippen LogP contribution in [0.2, 0.25) is 0 Å². The third kappa shape index (κ3) is 5.65. The highest BCUT2D eigenvalue weighted by Crippen LogP contribution is 2.32. The largest absolute Gasteiger partial charge is 0.332 e. The standard InChI is InChI=1S/C27H30N2O2S/c1-2-25(22-12-7-4-8-13-22)27(31)29(23-15-16-23)20-26(30)28(19-24-14-9-17-32-24)18-21-10-5-3-6-11-21/h3-14,17,23,25H,2,15-16,18-20H2,1H3. The van der Waals surface area contributed by atoms with Crippen molar-refractivity contribution in [2.24, 2.45) is 0 Å². The molecule has 0 aliphatic heterocycles. The Morgan fingerprint density at radius 3 is 2.22 bits per heavy atom. The minimum absolute atomic E-state index is 0.00502. The highest BCUT2D eigenvalue weighted by atomic mass is 32.1. The zero-order valence-corrected chi connectivity index (χ0v) is 19.3. The molecule has 1 aliphatic rings. The molecule has 0 bridgehead atoms. The van der Waals surface area contributed by atoms with Crippen molar-refractivity contribution >= 4 is 23.2 Å². The van der Waals surface area contributed by atoms with Crippen molar-refractivity contribution < 1.29 is 9.59 Å². The molecule has 1 aromatic heterocycles. The van der Waals surface area contributed by atoms with Gasteiger partial charge in [-0.1, -0.05) is 73.7 Å². The summed E-state index contributed by atoms with van der Waals surface area (Å²) in [6.45, 7) is 3.29. The molecule has 0 N–H and O–H groups in total. The molecule has 1 heterocycles. The lowest BCUT2D eigenvalue weighted by atomic mass is 9.95. The molecule has 4 rings (SSSR count). The SMILES string of the molecule is CCC(C(=O)N(CC(=O)N(Cc1ccccc1)Cc1cccs1)C1CC1)c1ccccc1. The number of hydrogen-bond donors (Lipinski definition) is 0. The zero-order chi connectivity index (χ0) is 22.3. The topological polar surface area (TPSA) is 40.6 Å². The Morgan fingerprint density at radius 1 is 0.938 bits per heavy atom. The van der Waals surface area contributed by atoms with Gasteiger partial charge in [0.05, 0.1) is 12.5 Å². The normalized spacial score (nSPS) is 14.0. The van der Waals surface area contributed by atoms with Gasteiger partial charge in [0.2, 0.25) is 11.8 Å². The second-order valence-electron chi connectivity index (χ2n) is 8.38. The Labute approximate surface area is 194 Å². The van der Waals surface area contributed by atoms with Crippen LogP contribution in [0.25, 0.3) is 0 Å². The number of rotatable bonds is 10. The molecule has 2 aromatic carbocycles. The van der Waals surface area contributed by atoms with E-state index in [1.807, 2.05) is 88.8 Å². The highest BCUT2D eigenvalue weighted by Gasteiger charge is 2.37. The van der Waals surface area contributed by atoms with Crippen molar-refractivity contribution in [1.29, 1.82) is 0 Å². The van der Waals surface area contributed by atoms with Crippen molar-refractivity contribution in [3.05, 3.63) is 94.2 Å². The lowest BCUT2D eigenvalue weighted by Gasteiger charge is -2.30. The summed E-state index contributed by atoms with van der Waals surface area (Å²) in [6.07, 6.45) is 2.69. The van der Waals surface area contributed by atoms with Gasteiger partial charge in [0.25, 0.3) is 0 Å². The third-order valence-electron chi connectivity index (χ3n) is 5.98. The summed E-state index contributed by atoms with van der Waals surface area (Å²) in [5.41, 5.74) is 2.12. The summed E-state index contributed by atoms with van der Waals surface area (Å²) in [4.78, 5) is 31.9. The maximum atomic E-state index is 13.5. The third-order valence-corrected chi connectivity index (χ3v) is 6.84. The van der Waals surface area contributed by atoms with Gasteiger partial charge < -0.3 is 9.80 Å². The van der Waals surface area contributed by atoms with E-state index in [-0.39, 0.29) is 30.3 Å². The van der Waals surface area contributed by atoms with Gasteiger partial charge in [-0.25, -0.2) is 0 Å². The minimum atomic E-state index is -0.204. The summed E-state index contributed by atoms with van der Waals surface area (Å²) in [7, 11) is 0. The average molecular weight is 447 g/mol. The number of nitrogens with zero attached hydrogens (tertiary/aromatic N) is 2. The molecule has 1 aliphatic carbocycles. The van der Waals surface area contributed by atoms with Gasteiger partial charge >= 0.3 is 0 Å². The lowest BCUT2D eigenvalue weighted by Crippen LogP contribution is -2.45. The Balaban J connectivity index is 1.52. The van der Waals surface area contributed by atoms with Crippen molar-refractivity contribution in [3.8, 4) is 0 Å². The van der Waals surface area contributed by atoms with E-state index >= 15 is 0 Å². The average Bonchev–Trinajstić information content (AvgIpc) is 3.54. The zero-order valence-electron chi connectivity index (χ0n) is 18.5. The van der Waals surface area contributed by atoms with Crippen LogP contribution in [0.3, 0.4) is 0 Å². The molecule has 4 nitrogen and oxygen atoms in total. The van der Waals surface area contributed by atoms with Gasteiger partial charge in [0, 0.05) is 17.5 Å². The van der Waals surface area contributed by atoms with Crippen LogP contribution in [-0.4, -0.2) is 34.2 Å². The Bertz CT molecular complexity index is 1000.